The smallest absolute Gasteiger partial charge is 0.252 e. The first kappa shape index (κ1) is 15.9. The van der Waals surface area contributed by atoms with Gasteiger partial charge in [-0.25, -0.2) is 4.98 Å². The van der Waals surface area contributed by atoms with Crippen LogP contribution >= 0.6 is 0 Å². The number of carbonyl (C=O) groups excluding carboxylic acids is 1. The van der Waals surface area contributed by atoms with Gasteiger partial charge in [0.25, 0.3) is 11.5 Å². The summed E-state index contributed by atoms with van der Waals surface area (Å²) in [5.74, 6) is -0.888. The predicted molar refractivity (Wildman–Crippen MR) is 81.2 cm³/mol. The summed E-state index contributed by atoms with van der Waals surface area (Å²) in [4.78, 5) is 26.9. The van der Waals surface area contributed by atoms with Crippen molar-refractivity contribution in [2.75, 3.05) is 6.54 Å². The molecule has 0 aliphatic rings. The van der Waals surface area contributed by atoms with E-state index in [1.54, 1.807) is 10.6 Å². The Morgan fingerprint density at radius 3 is 2.77 bits per heavy atom. The van der Waals surface area contributed by atoms with Crippen LogP contribution in [0.1, 0.15) is 28.9 Å². The summed E-state index contributed by atoms with van der Waals surface area (Å²) in [6.45, 7) is 3.01. The van der Waals surface area contributed by atoms with Crippen molar-refractivity contribution >= 4 is 5.91 Å². The van der Waals surface area contributed by atoms with Gasteiger partial charge < -0.3 is 9.88 Å². The molecule has 116 valence electrons. The quantitative estimate of drug-likeness (QED) is 0.655. The first-order valence-corrected chi connectivity index (χ1v) is 7.14. The normalized spacial score (nSPS) is 10.5. The molecule has 0 aliphatic carbocycles. The van der Waals surface area contributed by atoms with Crippen LogP contribution in [0.2, 0.25) is 0 Å². The molecule has 0 spiro atoms. The van der Waals surface area contributed by atoms with Crippen LogP contribution < -0.4 is 10.9 Å². The largest absolute Gasteiger partial charge is 0.352 e. The highest BCUT2D eigenvalue weighted by Crippen LogP contribution is 2.00. The number of rotatable bonds is 6. The fourth-order valence-electron chi connectivity index (χ4n) is 2.12. The van der Waals surface area contributed by atoms with E-state index in [1.807, 2.05) is 13.0 Å². The molecular formula is C16H18FN3O2. The Kier molecular flexibility index (Phi) is 5.41. The van der Waals surface area contributed by atoms with Gasteiger partial charge in [0.2, 0.25) is 5.95 Å². The Bertz CT molecular complexity index is 695. The van der Waals surface area contributed by atoms with E-state index < -0.39 is 5.95 Å². The highest BCUT2D eigenvalue weighted by Gasteiger charge is 2.05. The summed E-state index contributed by atoms with van der Waals surface area (Å²) in [7, 11) is 0. The van der Waals surface area contributed by atoms with E-state index in [0.717, 1.165) is 24.6 Å². The Morgan fingerprint density at radius 1 is 1.27 bits per heavy atom. The lowest BCUT2D eigenvalue weighted by Gasteiger charge is -2.09. The summed E-state index contributed by atoms with van der Waals surface area (Å²) in [6.07, 6.45) is 2.74. The molecule has 6 heteroatoms. The van der Waals surface area contributed by atoms with Crippen LogP contribution in [0.4, 0.5) is 4.39 Å². The van der Waals surface area contributed by atoms with E-state index in [4.69, 9.17) is 0 Å². The molecule has 2 heterocycles. The zero-order valence-corrected chi connectivity index (χ0v) is 12.4. The van der Waals surface area contributed by atoms with Crippen LogP contribution in [0, 0.1) is 12.9 Å². The number of nitrogens with one attached hydrogen (secondary N) is 1. The topological polar surface area (TPSA) is 64.0 Å². The molecule has 0 saturated heterocycles. The molecule has 5 nitrogen and oxygen atoms in total. The molecule has 0 bridgehead atoms. The van der Waals surface area contributed by atoms with Crippen molar-refractivity contribution in [3.05, 3.63) is 64.1 Å². The van der Waals surface area contributed by atoms with Crippen molar-refractivity contribution in [2.24, 2.45) is 0 Å². The first-order valence-electron chi connectivity index (χ1n) is 7.14. The lowest BCUT2D eigenvalue weighted by Crippen LogP contribution is -2.25. The van der Waals surface area contributed by atoms with Gasteiger partial charge in [-0.1, -0.05) is 6.07 Å². The maximum absolute atomic E-state index is 12.7. The minimum atomic E-state index is -0.611. The van der Waals surface area contributed by atoms with E-state index in [2.05, 4.69) is 10.3 Å². The van der Waals surface area contributed by atoms with Gasteiger partial charge in [-0.15, -0.1) is 0 Å². The van der Waals surface area contributed by atoms with E-state index in [-0.39, 0.29) is 11.5 Å². The summed E-state index contributed by atoms with van der Waals surface area (Å²) in [5.41, 5.74) is 1.24. The van der Waals surface area contributed by atoms with E-state index in [9.17, 15) is 14.0 Å². The first-order chi connectivity index (χ1) is 10.6. The van der Waals surface area contributed by atoms with Crippen LogP contribution in [-0.2, 0) is 6.54 Å². The van der Waals surface area contributed by atoms with Gasteiger partial charge in [0, 0.05) is 31.0 Å². The third kappa shape index (κ3) is 4.25. The molecule has 2 aromatic rings. The molecule has 0 unspecified atom stereocenters. The van der Waals surface area contributed by atoms with Gasteiger partial charge in [0.15, 0.2) is 0 Å². The second-order valence-corrected chi connectivity index (χ2v) is 4.99. The summed E-state index contributed by atoms with van der Waals surface area (Å²) in [6, 6.07) is 7.72. The SMILES string of the molecule is Cc1cccc(=O)n1CCCCNC(=O)c1ccc(F)nc1. The van der Waals surface area contributed by atoms with Crippen molar-refractivity contribution in [1.82, 2.24) is 14.9 Å². The van der Waals surface area contributed by atoms with Gasteiger partial charge in [-0.3, -0.25) is 9.59 Å². The molecule has 0 fully saturated rings. The van der Waals surface area contributed by atoms with Crippen molar-refractivity contribution < 1.29 is 9.18 Å². The number of hydrogen-bond acceptors (Lipinski definition) is 3. The minimum absolute atomic E-state index is 0.0126. The van der Waals surface area contributed by atoms with Gasteiger partial charge >= 0.3 is 0 Å². The molecular weight excluding hydrogens is 285 g/mol. The fraction of sp³-hybridized carbons (Fsp3) is 0.312. The number of halogens is 1. The van der Waals surface area contributed by atoms with Crippen molar-refractivity contribution in [1.29, 1.82) is 0 Å². The monoisotopic (exact) mass is 303 g/mol. The molecule has 1 amide bonds. The molecule has 0 atom stereocenters. The van der Waals surface area contributed by atoms with Crippen LogP contribution in [0.25, 0.3) is 0 Å². The van der Waals surface area contributed by atoms with Crippen LogP contribution in [0.5, 0.6) is 0 Å². The minimum Gasteiger partial charge on any atom is -0.352 e. The van der Waals surface area contributed by atoms with Gasteiger partial charge in [0.05, 0.1) is 5.56 Å². The van der Waals surface area contributed by atoms with Crippen LogP contribution in [0.3, 0.4) is 0 Å². The maximum atomic E-state index is 12.7. The molecule has 2 aromatic heterocycles. The molecule has 2 rings (SSSR count). The summed E-state index contributed by atoms with van der Waals surface area (Å²) >= 11 is 0. The summed E-state index contributed by atoms with van der Waals surface area (Å²) in [5, 5.41) is 2.75. The molecule has 1 N–H and O–H groups in total. The Balaban J connectivity index is 1.74. The predicted octanol–water partition coefficient (Wildman–Crippen LogP) is 1.90. The second-order valence-electron chi connectivity index (χ2n) is 4.99. The number of nitrogens with zero attached hydrogens (tertiary/aromatic N) is 2. The summed E-state index contributed by atoms with van der Waals surface area (Å²) < 4.78 is 14.4. The Labute approximate surface area is 127 Å². The second kappa shape index (κ2) is 7.49. The van der Waals surface area contributed by atoms with Crippen molar-refractivity contribution in [2.45, 2.75) is 26.3 Å². The number of aromatic nitrogens is 2. The zero-order valence-electron chi connectivity index (χ0n) is 12.4. The van der Waals surface area contributed by atoms with Crippen molar-refractivity contribution in [3.8, 4) is 0 Å². The van der Waals surface area contributed by atoms with Gasteiger partial charge in [-0.2, -0.15) is 4.39 Å². The van der Waals surface area contributed by atoms with Gasteiger partial charge in [0.1, 0.15) is 0 Å². The molecule has 0 aliphatic heterocycles. The standard InChI is InChI=1S/C16H18FN3O2/c1-12-5-4-6-15(21)20(12)10-3-2-9-18-16(22)13-7-8-14(17)19-11-13/h4-8,11H,2-3,9-10H2,1H3,(H,18,22). The highest BCUT2D eigenvalue weighted by atomic mass is 19.1. The average molecular weight is 303 g/mol. The molecule has 0 aromatic carbocycles. The van der Waals surface area contributed by atoms with E-state index >= 15 is 0 Å². The third-order valence-corrected chi connectivity index (χ3v) is 3.35. The highest BCUT2D eigenvalue weighted by molar-refractivity contribution is 5.93. The number of pyridine rings is 2. The Hall–Kier alpha value is -2.50. The molecule has 22 heavy (non-hydrogen) atoms. The molecule has 0 saturated carbocycles. The Morgan fingerprint density at radius 2 is 2.09 bits per heavy atom. The number of hydrogen-bond donors (Lipinski definition) is 1. The van der Waals surface area contributed by atoms with E-state index in [0.29, 0.717) is 18.7 Å². The van der Waals surface area contributed by atoms with Crippen LogP contribution in [-0.4, -0.2) is 22.0 Å². The molecule has 0 radical (unpaired) electrons. The third-order valence-electron chi connectivity index (χ3n) is 3.35. The number of unbranched alkanes of at least 4 members (excludes halogenated alkanes) is 1. The number of aryl methyl sites for hydroxylation is 1. The van der Waals surface area contributed by atoms with Gasteiger partial charge in [-0.05, 0) is 38.0 Å². The lowest BCUT2D eigenvalue weighted by atomic mass is 10.2. The van der Waals surface area contributed by atoms with E-state index in [1.165, 1.54) is 18.3 Å². The lowest BCUT2D eigenvalue weighted by molar-refractivity contribution is 0.0952. The maximum Gasteiger partial charge on any atom is 0.252 e. The van der Waals surface area contributed by atoms with Crippen LogP contribution in [0.15, 0.2) is 41.3 Å². The fourth-order valence-corrected chi connectivity index (χ4v) is 2.12. The zero-order chi connectivity index (χ0) is 15.9. The number of carbonyl (C=O) groups is 1. The average Bonchev–Trinajstić information content (AvgIpc) is 2.50. The van der Waals surface area contributed by atoms with Crippen molar-refractivity contribution in [3.63, 3.8) is 0 Å². The number of amides is 1.